The van der Waals surface area contributed by atoms with Gasteiger partial charge in [0.1, 0.15) is 5.82 Å². The molecule has 0 radical (unpaired) electrons. The van der Waals surface area contributed by atoms with E-state index in [1.54, 1.807) is 0 Å². The summed E-state index contributed by atoms with van der Waals surface area (Å²) in [4.78, 5) is 48.1. The Hall–Kier alpha value is -3.07. The zero-order valence-electron chi connectivity index (χ0n) is 16.6. The van der Waals surface area contributed by atoms with E-state index in [4.69, 9.17) is 16.9 Å². The maximum Gasteiger partial charge on any atom is 0.314 e. The predicted octanol–water partition coefficient (Wildman–Crippen LogP) is 0.946. The molecule has 2 aromatic heterocycles. The molecule has 0 saturated heterocycles. The molecular weight excluding hydrogens is 442 g/mol. The third kappa shape index (κ3) is 6.21. The van der Waals surface area contributed by atoms with Crippen molar-refractivity contribution in [2.45, 2.75) is 25.4 Å². The Kier molecular flexibility index (Phi) is 7.51. The van der Waals surface area contributed by atoms with Gasteiger partial charge < -0.3 is 20.9 Å². The topological polar surface area (TPSA) is 140 Å². The average molecular weight is 462 g/mol. The number of likely N-dealkylation sites (N-methyl/N-ethyl adjacent to an activating group) is 1. The molecule has 0 bridgehead atoms. The SMILES string of the molecule is CN1CCc2nc(C(=O)NC(CC#N)CNC(=O)C(=O)Nc3ccc(Cl)cn3)sc2C1. The smallest absolute Gasteiger partial charge is 0.314 e. The van der Waals surface area contributed by atoms with E-state index >= 15 is 0 Å². The summed E-state index contributed by atoms with van der Waals surface area (Å²) in [6.45, 7) is 1.54. The van der Waals surface area contributed by atoms with Crippen molar-refractivity contribution in [2.75, 3.05) is 25.5 Å². The van der Waals surface area contributed by atoms with Gasteiger partial charge in [0.2, 0.25) is 0 Å². The van der Waals surface area contributed by atoms with E-state index in [-0.39, 0.29) is 18.8 Å². The number of pyridine rings is 1. The van der Waals surface area contributed by atoms with Crippen molar-refractivity contribution in [1.82, 2.24) is 25.5 Å². The van der Waals surface area contributed by atoms with Crippen molar-refractivity contribution in [1.29, 1.82) is 5.26 Å². The minimum absolute atomic E-state index is 0.0415. The van der Waals surface area contributed by atoms with Crippen molar-refractivity contribution in [3.63, 3.8) is 0 Å². The van der Waals surface area contributed by atoms with Crippen LogP contribution in [0.15, 0.2) is 18.3 Å². The Morgan fingerprint density at radius 1 is 1.35 bits per heavy atom. The second kappa shape index (κ2) is 10.3. The van der Waals surface area contributed by atoms with Crippen LogP contribution >= 0.6 is 22.9 Å². The third-order valence-electron chi connectivity index (χ3n) is 4.47. The van der Waals surface area contributed by atoms with E-state index in [0.29, 0.717) is 10.0 Å². The molecule has 1 aliphatic rings. The molecule has 0 fully saturated rings. The molecule has 162 valence electrons. The van der Waals surface area contributed by atoms with Crippen LogP contribution < -0.4 is 16.0 Å². The summed E-state index contributed by atoms with van der Waals surface area (Å²) in [6, 6.07) is 4.27. The number of nitrogens with one attached hydrogen (secondary N) is 3. The first kappa shape index (κ1) is 22.6. The van der Waals surface area contributed by atoms with Gasteiger partial charge in [-0.3, -0.25) is 14.4 Å². The summed E-state index contributed by atoms with van der Waals surface area (Å²) >= 11 is 7.05. The monoisotopic (exact) mass is 461 g/mol. The van der Waals surface area contributed by atoms with Gasteiger partial charge in [-0.25, -0.2) is 9.97 Å². The van der Waals surface area contributed by atoms with Crippen molar-refractivity contribution >= 4 is 46.5 Å². The molecule has 2 aromatic rings. The number of fused-ring (bicyclic) bond motifs is 1. The lowest BCUT2D eigenvalue weighted by Crippen LogP contribution is -2.46. The van der Waals surface area contributed by atoms with Crippen LogP contribution in [0.5, 0.6) is 0 Å². The number of carbonyl (C=O) groups is 3. The summed E-state index contributed by atoms with van der Waals surface area (Å²) in [6.07, 6.45) is 2.08. The molecule has 31 heavy (non-hydrogen) atoms. The van der Waals surface area contributed by atoms with Gasteiger partial charge in [-0.1, -0.05) is 11.6 Å². The Balaban J connectivity index is 1.54. The fourth-order valence-electron chi connectivity index (χ4n) is 2.87. The van der Waals surface area contributed by atoms with Gasteiger partial charge in [-0.15, -0.1) is 11.3 Å². The number of aromatic nitrogens is 2. The third-order valence-corrected chi connectivity index (χ3v) is 5.78. The van der Waals surface area contributed by atoms with Crippen molar-refractivity contribution in [3.8, 4) is 6.07 Å². The lowest BCUT2D eigenvalue weighted by atomic mass is 10.2. The molecule has 3 rings (SSSR count). The minimum Gasteiger partial charge on any atom is -0.346 e. The molecule has 3 N–H and O–H groups in total. The van der Waals surface area contributed by atoms with E-state index < -0.39 is 23.8 Å². The van der Waals surface area contributed by atoms with Crippen LogP contribution in [0.2, 0.25) is 5.02 Å². The number of hydrogen-bond donors (Lipinski definition) is 3. The Labute approximate surface area is 187 Å². The summed E-state index contributed by atoms with van der Waals surface area (Å²) in [5, 5.41) is 17.2. The Bertz CT molecular complexity index is 1020. The number of hydrogen-bond acceptors (Lipinski definition) is 8. The first-order valence-corrected chi connectivity index (χ1v) is 10.6. The van der Waals surface area contributed by atoms with Crippen LogP contribution in [-0.2, 0) is 22.6 Å². The van der Waals surface area contributed by atoms with Gasteiger partial charge in [0.15, 0.2) is 5.01 Å². The maximum atomic E-state index is 12.6. The normalized spacial score (nSPS) is 14.1. The molecule has 0 aliphatic carbocycles. The van der Waals surface area contributed by atoms with E-state index in [1.807, 2.05) is 13.1 Å². The Morgan fingerprint density at radius 2 is 2.16 bits per heavy atom. The van der Waals surface area contributed by atoms with Gasteiger partial charge in [-0.2, -0.15) is 5.26 Å². The highest BCUT2D eigenvalue weighted by molar-refractivity contribution is 7.13. The number of amides is 3. The fraction of sp³-hybridized carbons (Fsp3) is 0.368. The van der Waals surface area contributed by atoms with E-state index in [2.05, 4.69) is 30.8 Å². The number of carbonyl (C=O) groups excluding carboxylic acids is 3. The van der Waals surface area contributed by atoms with E-state index in [9.17, 15) is 14.4 Å². The van der Waals surface area contributed by atoms with Crippen molar-refractivity contribution in [3.05, 3.63) is 38.9 Å². The van der Waals surface area contributed by atoms with Crippen LogP contribution in [0.1, 0.15) is 26.8 Å². The molecular formula is C19H20ClN7O3S. The van der Waals surface area contributed by atoms with Crippen LogP contribution in [0.25, 0.3) is 0 Å². The molecule has 12 heteroatoms. The van der Waals surface area contributed by atoms with E-state index in [0.717, 1.165) is 30.1 Å². The maximum absolute atomic E-state index is 12.6. The van der Waals surface area contributed by atoms with Gasteiger partial charge in [0, 0.05) is 37.1 Å². The van der Waals surface area contributed by atoms with Gasteiger partial charge >= 0.3 is 11.8 Å². The van der Waals surface area contributed by atoms with Gasteiger partial charge in [0.25, 0.3) is 5.91 Å². The van der Waals surface area contributed by atoms with Crippen LogP contribution in [0.4, 0.5) is 5.82 Å². The molecule has 0 spiro atoms. The van der Waals surface area contributed by atoms with Crippen LogP contribution in [0, 0.1) is 11.3 Å². The quantitative estimate of drug-likeness (QED) is 0.544. The first-order valence-electron chi connectivity index (χ1n) is 9.41. The second-order valence-electron chi connectivity index (χ2n) is 6.94. The lowest BCUT2D eigenvalue weighted by molar-refractivity contribution is -0.136. The molecule has 1 atom stereocenters. The fourth-order valence-corrected chi connectivity index (χ4v) is 4.07. The highest BCUT2D eigenvalue weighted by Gasteiger charge is 2.23. The summed E-state index contributed by atoms with van der Waals surface area (Å²) in [7, 11) is 2.01. The molecule has 10 nitrogen and oxygen atoms in total. The van der Waals surface area contributed by atoms with E-state index in [1.165, 1.54) is 29.7 Å². The predicted molar refractivity (Wildman–Crippen MR) is 115 cm³/mol. The molecule has 0 saturated carbocycles. The molecule has 1 aliphatic heterocycles. The number of thiazole rings is 1. The highest BCUT2D eigenvalue weighted by Crippen LogP contribution is 2.24. The molecule has 3 amide bonds. The molecule has 3 heterocycles. The summed E-state index contributed by atoms with van der Waals surface area (Å²) in [5.41, 5.74) is 0.922. The standard InChI is InChI=1S/C19H20ClN7O3S/c1-27-7-5-13-14(10-27)31-19(25-13)18(30)24-12(4-6-21)9-23-16(28)17(29)26-15-3-2-11(20)8-22-15/h2-3,8,12H,4-5,7,9-10H2,1H3,(H,23,28)(H,24,30)(H,22,26,29). The van der Waals surface area contributed by atoms with Crippen LogP contribution in [0.3, 0.4) is 0 Å². The molecule has 0 aromatic carbocycles. The first-order chi connectivity index (χ1) is 14.9. The van der Waals surface area contributed by atoms with Crippen LogP contribution in [-0.4, -0.2) is 58.8 Å². The second-order valence-corrected chi connectivity index (χ2v) is 8.46. The molecule has 1 unspecified atom stereocenters. The number of rotatable bonds is 6. The number of nitriles is 1. The van der Waals surface area contributed by atoms with Gasteiger partial charge in [0.05, 0.1) is 29.2 Å². The van der Waals surface area contributed by atoms with Crippen molar-refractivity contribution < 1.29 is 14.4 Å². The van der Waals surface area contributed by atoms with Crippen molar-refractivity contribution in [2.24, 2.45) is 0 Å². The highest BCUT2D eigenvalue weighted by atomic mass is 35.5. The average Bonchev–Trinajstić information content (AvgIpc) is 3.17. The minimum atomic E-state index is -0.923. The zero-order chi connectivity index (χ0) is 22.4. The number of halogens is 1. The summed E-state index contributed by atoms with van der Waals surface area (Å²) in [5.74, 6) is -2.08. The number of nitrogens with zero attached hydrogens (tertiary/aromatic N) is 4. The largest absolute Gasteiger partial charge is 0.346 e. The zero-order valence-corrected chi connectivity index (χ0v) is 18.2. The summed E-state index contributed by atoms with van der Waals surface area (Å²) < 4.78 is 0. The number of anilines is 1. The lowest BCUT2D eigenvalue weighted by Gasteiger charge is -2.20. The Morgan fingerprint density at radius 3 is 2.87 bits per heavy atom. The van der Waals surface area contributed by atoms with Gasteiger partial charge in [-0.05, 0) is 19.2 Å².